The number of rotatable bonds is 8. The van der Waals surface area contributed by atoms with Crippen LogP contribution in [0.1, 0.15) is 45.7 Å². The summed E-state index contributed by atoms with van der Waals surface area (Å²) in [5, 5.41) is 6.35. The lowest BCUT2D eigenvalue weighted by atomic mass is 10.0. The number of hydrogen-bond donors (Lipinski definition) is 3. The lowest BCUT2D eigenvalue weighted by molar-refractivity contribution is 0.0673. The molecule has 2 aromatic heterocycles. The van der Waals surface area contributed by atoms with Gasteiger partial charge in [0.2, 0.25) is 0 Å². The molecule has 0 spiro atoms. The van der Waals surface area contributed by atoms with E-state index in [1.54, 1.807) is 30.7 Å². The Balaban J connectivity index is 1.19. The fourth-order valence-electron chi connectivity index (χ4n) is 4.91. The Morgan fingerprint density at radius 3 is 2.34 bits per heavy atom. The normalized spacial score (nSPS) is 16.7. The lowest BCUT2D eigenvalue weighted by Gasteiger charge is -2.36. The highest BCUT2D eigenvalue weighted by atomic mass is 16.5. The second kappa shape index (κ2) is 12.6. The number of aromatic nitrogens is 2. The molecule has 9 heteroatoms. The van der Waals surface area contributed by atoms with Gasteiger partial charge in [-0.3, -0.25) is 14.6 Å². The van der Waals surface area contributed by atoms with E-state index < -0.39 is 0 Å². The third-order valence-corrected chi connectivity index (χ3v) is 6.98. The molecule has 2 aromatic carbocycles. The first kappa shape index (κ1) is 27.8. The van der Waals surface area contributed by atoms with Crippen LogP contribution in [0.3, 0.4) is 0 Å². The van der Waals surface area contributed by atoms with E-state index in [0.29, 0.717) is 36.5 Å². The number of amides is 2. The number of ether oxygens (including phenoxy) is 1. The minimum absolute atomic E-state index is 0.0354. The Labute approximate surface area is 239 Å². The maximum atomic E-state index is 13.0. The second-order valence-electron chi connectivity index (χ2n) is 10.4. The topological polar surface area (TPSA) is 122 Å². The number of nitrogens with two attached hydrogens (primary N) is 1. The van der Waals surface area contributed by atoms with Gasteiger partial charge >= 0.3 is 0 Å². The molecule has 0 aliphatic carbocycles. The summed E-state index contributed by atoms with van der Waals surface area (Å²) in [5.41, 5.74) is 10.9. The van der Waals surface area contributed by atoms with Crippen LogP contribution in [-0.4, -0.2) is 51.9 Å². The fraction of sp³-hybridized carbons (Fsp3) is 0.250. The maximum Gasteiger partial charge on any atom is 0.253 e. The third-order valence-electron chi connectivity index (χ3n) is 6.98. The molecule has 1 saturated heterocycles. The molecule has 0 saturated carbocycles. The number of hydrogen-bond acceptors (Lipinski definition) is 7. The molecule has 0 radical (unpaired) electrons. The van der Waals surface area contributed by atoms with Crippen LogP contribution < -0.4 is 21.1 Å². The van der Waals surface area contributed by atoms with Gasteiger partial charge in [-0.15, -0.1) is 0 Å². The molecular weight excluding hydrogens is 516 g/mol. The van der Waals surface area contributed by atoms with Gasteiger partial charge < -0.3 is 26.0 Å². The van der Waals surface area contributed by atoms with E-state index in [9.17, 15) is 9.59 Å². The second-order valence-corrected chi connectivity index (χ2v) is 10.4. The predicted molar refractivity (Wildman–Crippen MR) is 158 cm³/mol. The highest BCUT2D eigenvalue weighted by Crippen LogP contribution is 2.28. The van der Waals surface area contributed by atoms with Crippen molar-refractivity contribution in [2.75, 3.05) is 18.8 Å². The summed E-state index contributed by atoms with van der Waals surface area (Å²) in [5.74, 6) is 0.624. The average molecular weight is 551 g/mol. The largest absolute Gasteiger partial charge is 0.485 e. The van der Waals surface area contributed by atoms with E-state index in [0.717, 1.165) is 22.3 Å². The number of piperazine rings is 1. The van der Waals surface area contributed by atoms with Gasteiger partial charge in [0.1, 0.15) is 6.61 Å². The van der Waals surface area contributed by atoms with E-state index in [-0.39, 0.29) is 36.3 Å². The molecule has 2 amide bonds. The number of carbonyl (C=O) groups excluding carboxylic acids is 2. The zero-order valence-corrected chi connectivity index (χ0v) is 23.2. The molecule has 4 aromatic rings. The van der Waals surface area contributed by atoms with E-state index in [2.05, 4.69) is 34.4 Å². The highest BCUT2D eigenvalue weighted by Gasteiger charge is 2.25. The van der Waals surface area contributed by atoms with Crippen LogP contribution in [0.15, 0.2) is 85.3 Å². The molecule has 1 fully saturated rings. The summed E-state index contributed by atoms with van der Waals surface area (Å²) in [6.07, 6.45) is 5.11. The summed E-state index contributed by atoms with van der Waals surface area (Å²) < 4.78 is 5.99. The smallest absolute Gasteiger partial charge is 0.253 e. The molecule has 41 heavy (non-hydrogen) atoms. The van der Waals surface area contributed by atoms with Crippen molar-refractivity contribution in [2.45, 2.75) is 39.1 Å². The number of nitrogen functional groups attached to an aromatic ring is 1. The van der Waals surface area contributed by atoms with Crippen LogP contribution in [0.25, 0.3) is 11.1 Å². The van der Waals surface area contributed by atoms with Crippen LogP contribution in [0.2, 0.25) is 0 Å². The van der Waals surface area contributed by atoms with Crippen LogP contribution in [-0.2, 0) is 13.2 Å². The minimum atomic E-state index is -0.160. The Morgan fingerprint density at radius 1 is 0.951 bits per heavy atom. The Hall–Kier alpha value is -4.76. The minimum Gasteiger partial charge on any atom is -0.485 e. The van der Waals surface area contributed by atoms with Gasteiger partial charge in [0.25, 0.3) is 11.8 Å². The molecule has 210 valence electrons. The van der Waals surface area contributed by atoms with Crippen molar-refractivity contribution in [3.63, 3.8) is 0 Å². The van der Waals surface area contributed by atoms with Crippen molar-refractivity contribution in [1.82, 2.24) is 25.5 Å². The first-order valence-corrected chi connectivity index (χ1v) is 13.7. The van der Waals surface area contributed by atoms with Gasteiger partial charge in [-0.1, -0.05) is 30.3 Å². The number of nitrogens with zero attached hydrogens (tertiary/aromatic N) is 3. The SMILES string of the molecule is CC1CN(C(=O)c2ccc(-c3cnc(N)c(OCc4ccc(C(=O)NCc5cccnc5)cc4)c3)cc2)CC(C)N1. The first-order valence-electron chi connectivity index (χ1n) is 13.7. The van der Waals surface area contributed by atoms with Gasteiger partial charge in [-0.05, 0) is 66.9 Å². The van der Waals surface area contributed by atoms with Crippen LogP contribution in [0.4, 0.5) is 5.82 Å². The Morgan fingerprint density at radius 2 is 1.66 bits per heavy atom. The number of anilines is 1. The van der Waals surface area contributed by atoms with Crippen molar-refractivity contribution in [3.05, 3.63) is 108 Å². The van der Waals surface area contributed by atoms with Crippen LogP contribution in [0, 0.1) is 0 Å². The summed E-state index contributed by atoms with van der Waals surface area (Å²) in [6, 6.07) is 20.9. The molecule has 4 N–H and O–H groups in total. The quantitative estimate of drug-likeness (QED) is 0.302. The first-order chi connectivity index (χ1) is 19.9. The molecule has 3 heterocycles. The van der Waals surface area contributed by atoms with E-state index >= 15 is 0 Å². The van der Waals surface area contributed by atoms with Gasteiger partial charge in [0.05, 0.1) is 0 Å². The predicted octanol–water partition coefficient (Wildman–Crippen LogP) is 4.06. The van der Waals surface area contributed by atoms with E-state index in [1.165, 1.54) is 0 Å². The maximum absolute atomic E-state index is 13.0. The van der Waals surface area contributed by atoms with Crippen molar-refractivity contribution in [3.8, 4) is 16.9 Å². The summed E-state index contributed by atoms with van der Waals surface area (Å²) in [7, 11) is 0. The lowest BCUT2D eigenvalue weighted by Crippen LogP contribution is -2.55. The van der Waals surface area contributed by atoms with Gasteiger partial charge in [-0.25, -0.2) is 4.98 Å². The van der Waals surface area contributed by atoms with Crippen molar-refractivity contribution in [2.24, 2.45) is 0 Å². The number of carbonyl (C=O) groups is 2. The van der Waals surface area contributed by atoms with Crippen molar-refractivity contribution in [1.29, 1.82) is 0 Å². The van der Waals surface area contributed by atoms with E-state index in [1.807, 2.05) is 59.5 Å². The zero-order chi connectivity index (χ0) is 28.8. The molecule has 1 aliphatic heterocycles. The van der Waals surface area contributed by atoms with Gasteiger partial charge in [-0.2, -0.15) is 0 Å². The van der Waals surface area contributed by atoms with Gasteiger partial charge in [0.15, 0.2) is 11.6 Å². The Bertz CT molecular complexity index is 1480. The zero-order valence-electron chi connectivity index (χ0n) is 23.2. The highest BCUT2D eigenvalue weighted by molar-refractivity contribution is 5.95. The number of pyridine rings is 2. The standard InChI is InChI=1S/C32H34N6O3/c1-21-18-38(19-22(2)37-21)32(40)27-11-9-25(10-12-27)28-14-29(30(33)35-17-28)41-20-23-5-7-26(8-6-23)31(39)36-16-24-4-3-13-34-15-24/h3-15,17,21-22,37H,16,18-20H2,1-2H3,(H2,33,35)(H,36,39). The van der Waals surface area contributed by atoms with Crippen LogP contribution in [0.5, 0.6) is 5.75 Å². The monoisotopic (exact) mass is 550 g/mol. The number of nitrogens with one attached hydrogen (secondary N) is 2. The van der Waals surface area contributed by atoms with E-state index in [4.69, 9.17) is 10.5 Å². The van der Waals surface area contributed by atoms with Crippen molar-refractivity contribution >= 4 is 17.6 Å². The average Bonchev–Trinajstić information content (AvgIpc) is 2.99. The molecule has 2 unspecified atom stereocenters. The third kappa shape index (κ3) is 7.06. The van der Waals surface area contributed by atoms with Crippen LogP contribution >= 0.6 is 0 Å². The Kier molecular flexibility index (Phi) is 8.55. The molecule has 1 aliphatic rings. The van der Waals surface area contributed by atoms with Gasteiger partial charge in [0, 0.05) is 67.0 Å². The molecule has 2 atom stereocenters. The molecule has 0 bridgehead atoms. The molecular formula is C32H34N6O3. The van der Waals surface area contributed by atoms with Crippen molar-refractivity contribution < 1.29 is 14.3 Å². The molecule has 9 nitrogen and oxygen atoms in total. The number of benzene rings is 2. The molecule has 5 rings (SSSR count). The summed E-state index contributed by atoms with van der Waals surface area (Å²) in [4.78, 5) is 35.8. The summed E-state index contributed by atoms with van der Waals surface area (Å²) in [6.45, 7) is 6.24. The summed E-state index contributed by atoms with van der Waals surface area (Å²) >= 11 is 0. The fourth-order valence-corrected chi connectivity index (χ4v) is 4.91.